The normalized spacial score (nSPS) is 17.1. The third kappa shape index (κ3) is 2.33. The fraction of sp³-hybridized carbons (Fsp3) is 0.429. The Morgan fingerprint density at radius 3 is 3.00 bits per heavy atom. The van der Waals surface area contributed by atoms with Crippen molar-refractivity contribution in [3.05, 3.63) is 29.7 Å². The molecule has 1 N–H and O–H groups in total. The predicted molar refractivity (Wildman–Crippen MR) is 69.3 cm³/mol. The molecule has 1 saturated heterocycles. The van der Waals surface area contributed by atoms with Gasteiger partial charge in [-0.05, 0) is 17.7 Å². The Morgan fingerprint density at radius 1 is 1.47 bits per heavy atom. The van der Waals surface area contributed by atoms with Crippen LogP contribution in [-0.4, -0.2) is 24.7 Å². The average molecular weight is 257 g/mol. The highest BCUT2D eigenvalue weighted by molar-refractivity contribution is 5.73. The molecule has 0 unspecified atom stereocenters. The second kappa shape index (κ2) is 4.65. The monoisotopic (exact) mass is 257 g/mol. The quantitative estimate of drug-likeness (QED) is 0.903. The highest BCUT2D eigenvalue weighted by Gasteiger charge is 2.38. The maximum absolute atomic E-state index is 9.09. The molecule has 0 spiro atoms. The van der Waals surface area contributed by atoms with Crippen molar-refractivity contribution in [3.63, 3.8) is 0 Å². The number of hydrogen-bond acceptors (Lipinski definition) is 5. The van der Waals surface area contributed by atoms with E-state index in [1.807, 2.05) is 25.1 Å². The smallest absolute Gasteiger partial charge is 0.192 e. The largest absolute Gasteiger partial charge is 0.441 e. The van der Waals surface area contributed by atoms with Crippen molar-refractivity contribution in [2.24, 2.45) is 5.41 Å². The number of rotatable bonds is 4. The fourth-order valence-corrected chi connectivity index (χ4v) is 2.20. The van der Waals surface area contributed by atoms with Crippen LogP contribution in [0.2, 0.25) is 0 Å². The van der Waals surface area contributed by atoms with Crippen LogP contribution in [0.25, 0.3) is 11.1 Å². The number of aryl methyl sites for hydroxylation is 1. The van der Waals surface area contributed by atoms with Crippen molar-refractivity contribution in [2.75, 3.05) is 19.8 Å². The molecule has 0 atom stereocenters. The molecule has 2 aromatic rings. The number of nitrogens with one attached hydrogen (secondary N) is 1. The Labute approximate surface area is 111 Å². The van der Waals surface area contributed by atoms with Crippen LogP contribution in [0.4, 0.5) is 0 Å². The van der Waals surface area contributed by atoms with Gasteiger partial charge in [0.25, 0.3) is 0 Å². The first-order chi connectivity index (χ1) is 9.21. The molecular formula is C14H15N3O2. The van der Waals surface area contributed by atoms with Crippen LogP contribution in [0.15, 0.2) is 22.6 Å². The number of hydrogen-bond donors (Lipinski definition) is 1. The van der Waals surface area contributed by atoms with Crippen LogP contribution < -0.4 is 5.32 Å². The maximum atomic E-state index is 9.09. The van der Waals surface area contributed by atoms with Crippen molar-refractivity contribution in [1.29, 1.82) is 5.26 Å². The summed E-state index contributed by atoms with van der Waals surface area (Å²) in [4.78, 5) is 4.31. The molecule has 1 aromatic carbocycles. The molecule has 19 heavy (non-hydrogen) atoms. The van der Waals surface area contributed by atoms with E-state index in [4.69, 9.17) is 14.4 Å². The molecule has 1 aliphatic heterocycles. The lowest BCUT2D eigenvalue weighted by Gasteiger charge is -2.35. The van der Waals surface area contributed by atoms with Crippen LogP contribution in [0.3, 0.4) is 0 Å². The summed E-state index contributed by atoms with van der Waals surface area (Å²) in [7, 11) is 0. The van der Waals surface area contributed by atoms with E-state index in [2.05, 4.69) is 16.4 Å². The van der Waals surface area contributed by atoms with Crippen LogP contribution in [0.1, 0.15) is 11.5 Å². The highest BCUT2D eigenvalue weighted by atomic mass is 16.5. The number of fused-ring (bicyclic) bond motifs is 1. The van der Waals surface area contributed by atoms with Gasteiger partial charge in [-0.3, -0.25) is 0 Å². The number of aromatic nitrogens is 1. The highest BCUT2D eigenvalue weighted by Crippen LogP contribution is 2.25. The molecule has 3 rings (SSSR count). The fourth-order valence-electron chi connectivity index (χ4n) is 2.20. The van der Waals surface area contributed by atoms with Gasteiger partial charge in [0, 0.05) is 20.0 Å². The molecule has 0 saturated carbocycles. The van der Waals surface area contributed by atoms with Crippen molar-refractivity contribution in [1.82, 2.24) is 10.3 Å². The number of oxazole rings is 1. The van der Waals surface area contributed by atoms with Gasteiger partial charge in [-0.25, -0.2) is 4.98 Å². The molecule has 5 nitrogen and oxygen atoms in total. The molecule has 0 bridgehead atoms. The molecule has 2 heterocycles. The zero-order valence-electron chi connectivity index (χ0n) is 10.8. The van der Waals surface area contributed by atoms with E-state index in [-0.39, 0.29) is 5.41 Å². The van der Waals surface area contributed by atoms with Crippen LogP contribution in [-0.2, 0) is 11.3 Å². The average Bonchev–Trinajstić information content (AvgIpc) is 2.72. The van der Waals surface area contributed by atoms with Crippen molar-refractivity contribution in [3.8, 4) is 6.07 Å². The molecule has 0 aliphatic carbocycles. The number of ether oxygens (including phenoxy) is 1. The standard InChI is InChI=1S/C14H15N3O2/c1-10-17-12-4-11(2-3-13(12)19-10)5-16-7-14(6-15)8-18-9-14/h2-4,16H,5,7-9H2,1H3. The van der Waals surface area contributed by atoms with Gasteiger partial charge in [0.1, 0.15) is 10.9 Å². The molecule has 1 fully saturated rings. The van der Waals surface area contributed by atoms with Crippen molar-refractivity contribution >= 4 is 11.1 Å². The summed E-state index contributed by atoms with van der Waals surface area (Å²) in [6.45, 7) is 4.26. The third-order valence-corrected chi connectivity index (χ3v) is 3.35. The Hall–Kier alpha value is -1.90. The van der Waals surface area contributed by atoms with Gasteiger partial charge in [-0.1, -0.05) is 6.07 Å². The lowest BCUT2D eigenvalue weighted by Crippen LogP contribution is -2.48. The Morgan fingerprint density at radius 2 is 2.32 bits per heavy atom. The predicted octanol–water partition coefficient (Wildman–Crippen LogP) is 1.77. The molecular weight excluding hydrogens is 242 g/mol. The maximum Gasteiger partial charge on any atom is 0.192 e. The van der Waals surface area contributed by atoms with E-state index in [0.29, 0.717) is 32.2 Å². The zero-order valence-corrected chi connectivity index (χ0v) is 10.8. The molecule has 0 amide bonds. The molecule has 1 aromatic heterocycles. The second-order valence-corrected chi connectivity index (χ2v) is 5.02. The zero-order chi connectivity index (χ0) is 13.3. The Kier molecular flexibility index (Phi) is 2.97. The summed E-state index contributed by atoms with van der Waals surface area (Å²) in [6, 6.07) is 8.27. The molecule has 0 radical (unpaired) electrons. The molecule has 5 heteroatoms. The van der Waals surface area contributed by atoms with Crippen LogP contribution in [0.5, 0.6) is 0 Å². The number of nitriles is 1. The van der Waals surface area contributed by atoms with Gasteiger partial charge in [-0.2, -0.15) is 5.26 Å². The van der Waals surface area contributed by atoms with Crippen molar-refractivity contribution in [2.45, 2.75) is 13.5 Å². The number of nitrogens with zero attached hydrogens (tertiary/aromatic N) is 2. The summed E-state index contributed by atoms with van der Waals surface area (Å²) >= 11 is 0. The Balaban J connectivity index is 1.64. The van der Waals surface area contributed by atoms with E-state index in [1.54, 1.807) is 0 Å². The summed E-state index contributed by atoms with van der Waals surface area (Å²) in [5.74, 6) is 0.676. The summed E-state index contributed by atoms with van der Waals surface area (Å²) in [5, 5.41) is 12.4. The summed E-state index contributed by atoms with van der Waals surface area (Å²) in [5.41, 5.74) is 2.48. The van der Waals surface area contributed by atoms with E-state index in [1.165, 1.54) is 0 Å². The third-order valence-electron chi connectivity index (χ3n) is 3.35. The minimum absolute atomic E-state index is 0.339. The first kappa shape index (κ1) is 12.2. The molecule has 98 valence electrons. The lowest BCUT2D eigenvalue weighted by molar-refractivity contribution is -0.0755. The van der Waals surface area contributed by atoms with Gasteiger partial charge in [0.05, 0.1) is 19.3 Å². The SMILES string of the molecule is Cc1nc2cc(CNCC3(C#N)COC3)ccc2o1. The van der Waals surface area contributed by atoms with Crippen LogP contribution >= 0.6 is 0 Å². The lowest BCUT2D eigenvalue weighted by atomic mass is 9.88. The number of benzene rings is 1. The first-order valence-electron chi connectivity index (χ1n) is 6.27. The van der Waals surface area contributed by atoms with Gasteiger partial charge >= 0.3 is 0 Å². The Bertz CT molecular complexity index is 638. The van der Waals surface area contributed by atoms with Gasteiger partial charge in [0.2, 0.25) is 0 Å². The second-order valence-electron chi connectivity index (χ2n) is 5.02. The van der Waals surface area contributed by atoms with Crippen molar-refractivity contribution < 1.29 is 9.15 Å². The minimum Gasteiger partial charge on any atom is -0.441 e. The summed E-state index contributed by atoms with van der Waals surface area (Å²) in [6.07, 6.45) is 0. The van der Waals surface area contributed by atoms with E-state index in [0.717, 1.165) is 16.7 Å². The van der Waals surface area contributed by atoms with E-state index < -0.39 is 0 Å². The minimum atomic E-state index is -0.339. The summed E-state index contributed by atoms with van der Waals surface area (Å²) < 4.78 is 10.5. The van der Waals surface area contributed by atoms with Gasteiger partial charge in [0.15, 0.2) is 11.5 Å². The topological polar surface area (TPSA) is 71.1 Å². The van der Waals surface area contributed by atoms with Gasteiger partial charge in [-0.15, -0.1) is 0 Å². The molecule has 1 aliphatic rings. The first-order valence-corrected chi connectivity index (χ1v) is 6.27. The van der Waals surface area contributed by atoms with E-state index in [9.17, 15) is 0 Å². The van der Waals surface area contributed by atoms with E-state index >= 15 is 0 Å². The van der Waals surface area contributed by atoms with Crippen LogP contribution in [0, 0.1) is 23.7 Å². The van der Waals surface area contributed by atoms with Gasteiger partial charge < -0.3 is 14.5 Å².